The van der Waals surface area contributed by atoms with Crippen molar-refractivity contribution in [2.45, 2.75) is 0 Å². The number of hydrogen-bond donors (Lipinski definition) is 0. The van der Waals surface area contributed by atoms with Gasteiger partial charge in [0.15, 0.2) is 18.8 Å². The fourth-order valence-electron chi connectivity index (χ4n) is 17.8. The molecule has 0 unspecified atom stereocenters. The van der Waals surface area contributed by atoms with Crippen molar-refractivity contribution in [2.75, 3.05) is 0 Å². The van der Waals surface area contributed by atoms with Gasteiger partial charge in [0, 0.05) is 98.1 Å². The van der Waals surface area contributed by atoms with Crippen LogP contribution in [0.4, 0.5) is 0 Å². The molecule has 0 aliphatic heterocycles. The molecule has 0 saturated carbocycles. The van der Waals surface area contributed by atoms with Gasteiger partial charge in [0.25, 0.3) is 0 Å². The van der Waals surface area contributed by atoms with Crippen molar-refractivity contribution in [3.05, 3.63) is 449 Å². The van der Waals surface area contributed by atoms with Gasteiger partial charge in [-0.05, 0) is 89.0 Å². The molecule has 129 heavy (non-hydrogen) atoms. The number of pyridine rings is 3. The first-order chi connectivity index (χ1) is 63.8. The van der Waals surface area contributed by atoms with Crippen LogP contribution in [0.25, 0.3) is 222 Å². The van der Waals surface area contributed by atoms with Crippen LogP contribution in [0.2, 0.25) is 0 Å². The molecule has 25 aromatic rings. The molecule has 0 radical (unpaired) electrons. The second-order valence-electron chi connectivity index (χ2n) is 31.9. The van der Waals surface area contributed by atoms with E-state index in [0.29, 0.717) is 11.6 Å². The molecule has 0 aliphatic rings. The molecule has 0 fully saturated rings. The molecule has 0 aliphatic carbocycles. The Hall–Kier alpha value is -17.0. The van der Waals surface area contributed by atoms with Crippen molar-refractivity contribution in [2.24, 2.45) is 0 Å². The first kappa shape index (κ1) is 76.9. The molecular weight excluding hydrogens is 1600 g/mol. The Morgan fingerprint density at radius 2 is 0.426 bits per heavy atom. The van der Waals surface area contributed by atoms with Gasteiger partial charge in [-0.1, -0.05) is 382 Å². The van der Waals surface area contributed by atoms with Crippen LogP contribution in [0.3, 0.4) is 0 Å². The summed E-state index contributed by atoms with van der Waals surface area (Å²) >= 11 is 0. The van der Waals surface area contributed by atoms with Gasteiger partial charge in [-0.2, -0.15) is 0 Å². The molecule has 0 bridgehead atoms. The average molecular weight is 1670 g/mol. The van der Waals surface area contributed by atoms with Crippen molar-refractivity contribution in [3.63, 3.8) is 0 Å². The van der Waals surface area contributed by atoms with Crippen molar-refractivity contribution in [3.8, 4) is 113 Å². The van der Waals surface area contributed by atoms with Crippen LogP contribution < -0.4 is 15.9 Å². The highest BCUT2D eigenvalue weighted by Crippen LogP contribution is 2.47. The summed E-state index contributed by atoms with van der Waals surface area (Å²) < 4.78 is 33.8. The van der Waals surface area contributed by atoms with E-state index in [9.17, 15) is 4.57 Å². The quantitative estimate of drug-likeness (QED) is 0.102. The molecule has 25 rings (SSSR count). The highest BCUT2D eigenvalue weighted by Gasteiger charge is 2.30. The fraction of sp³-hybridized carbons (Fsp3) is 0. The number of rotatable bonds is 13. The van der Waals surface area contributed by atoms with Crippen molar-refractivity contribution in [1.82, 2.24) is 34.9 Å². The lowest BCUT2D eigenvalue weighted by molar-refractivity contribution is 0.592. The van der Waals surface area contributed by atoms with Crippen LogP contribution >= 0.6 is 7.14 Å². The van der Waals surface area contributed by atoms with E-state index < -0.39 is 7.14 Å². The molecule has 0 atom stereocenters. The number of fused-ring (bicyclic) bond motifs is 16. The number of benzene rings is 17. The maximum absolute atomic E-state index is 14.7. The van der Waals surface area contributed by atoms with Crippen LogP contribution in [-0.4, -0.2) is 34.9 Å². The third-order valence-electron chi connectivity index (χ3n) is 24.2. The summed E-state index contributed by atoms with van der Waals surface area (Å²) in [5, 5.41) is 12.8. The van der Waals surface area contributed by atoms with Crippen molar-refractivity contribution in [1.29, 1.82) is 0 Å². The Morgan fingerprint density at radius 1 is 0.178 bits per heavy atom. The summed E-state index contributed by atoms with van der Waals surface area (Å²) in [5.74, 6) is 1.37. The lowest BCUT2D eigenvalue weighted by Crippen LogP contribution is -2.24. The highest BCUT2D eigenvalue weighted by molar-refractivity contribution is 7.85. The normalized spacial score (nSPS) is 11.6. The van der Waals surface area contributed by atoms with Crippen LogP contribution in [0.1, 0.15) is 0 Å². The van der Waals surface area contributed by atoms with Crippen LogP contribution in [0.5, 0.6) is 0 Å². The summed E-state index contributed by atoms with van der Waals surface area (Å²) in [7, 11) is -3.01. The van der Waals surface area contributed by atoms with Gasteiger partial charge < -0.3 is 17.8 Å². The Kier molecular flexibility index (Phi) is 19.6. The zero-order valence-corrected chi connectivity index (χ0v) is 70.3. The predicted molar refractivity (Wildman–Crippen MR) is 530 cm³/mol. The Bertz CT molecular complexity index is 8490. The van der Waals surface area contributed by atoms with Gasteiger partial charge in [0.1, 0.15) is 33.5 Å². The highest BCUT2D eigenvalue weighted by atomic mass is 31.2. The molecule has 606 valence electrons. The molecule has 0 amide bonds. The summed E-state index contributed by atoms with van der Waals surface area (Å²) in [4.78, 5) is 35.4. The minimum absolute atomic E-state index is 0.683. The molecular formula is C117H74N7O4P. The summed E-state index contributed by atoms with van der Waals surface area (Å²) in [6, 6.07) is 152. The molecule has 0 saturated heterocycles. The molecule has 11 nitrogen and oxygen atoms in total. The fourth-order valence-corrected chi connectivity index (χ4v) is 20.4. The average Bonchev–Trinajstić information content (AvgIpc) is 1.61. The van der Waals surface area contributed by atoms with E-state index in [2.05, 4.69) is 212 Å². The maximum atomic E-state index is 14.7. The van der Waals surface area contributed by atoms with Crippen LogP contribution in [0, 0.1) is 0 Å². The molecule has 0 N–H and O–H groups in total. The van der Waals surface area contributed by atoms with Crippen LogP contribution in [0.15, 0.2) is 462 Å². The second kappa shape index (κ2) is 32.9. The summed E-state index contributed by atoms with van der Waals surface area (Å²) in [6.07, 6.45) is 0. The van der Waals surface area contributed by atoms with Gasteiger partial charge in [0.05, 0.1) is 72.4 Å². The molecule has 12 heteroatoms. The lowest BCUT2D eigenvalue weighted by Gasteiger charge is -2.20. The maximum Gasteiger partial charge on any atom is 0.171 e. The van der Waals surface area contributed by atoms with Gasteiger partial charge >= 0.3 is 0 Å². The largest absolute Gasteiger partial charge is 0.455 e. The topological polar surface area (TPSA) is 147 Å². The second-order valence-corrected chi connectivity index (χ2v) is 34.7. The van der Waals surface area contributed by atoms with Crippen molar-refractivity contribution >= 4 is 132 Å². The van der Waals surface area contributed by atoms with E-state index in [1.54, 1.807) is 0 Å². The van der Waals surface area contributed by atoms with Crippen molar-refractivity contribution < 1.29 is 17.8 Å². The number of para-hydroxylation sites is 7. The molecule has 8 aromatic heterocycles. The zero-order valence-electron chi connectivity index (χ0n) is 69.4. The number of furan rings is 3. The van der Waals surface area contributed by atoms with E-state index in [0.717, 1.165) is 215 Å². The van der Waals surface area contributed by atoms with Gasteiger partial charge in [0.2, 0.25) is 0 Å². The Balaban J connectivity index is 0.000000111. The van der Waals surface area contributed by atoms with E-state index in [-0.39, 0.29) is 0 Å². The predicted octanol–water partition coefficient (Wildman–Crippen LogP) is 29.4. The summed E-state index contributed by atoms with van der Waals surface area (Å²) in [5.41, 5.74) is 26.8. The minimum atomic E-state index is -3.01. The first-order valence-electron chi connectivity index (χ1n) is 43.0. The van der Waals surface area contributed by atoms with E-state index >= 15 is 0 Å². The summed E-state index contributed by atoms with van der Waals surface area (Å²) in [6.45, 7) is 0. The third-order valence-corrected chi connectivity index (χ3v) is 27.2. The SMILES string of the molecule is O=P(c1ccccc1)(c1ccccc1)c1ccc(-c2ccc(-c3nc4ccccc4c4oc5ccccc5c34)cc2)cc1.c1ccc(-c2cc(-c3ccccc3)nc(-c3ccc(-c4nc5ccccc5c5oc6ccccc6c45)cc3)n2)cc1.c1ccc(-c2ccc(-c3nc(-c4ccc(-c5nc6ccccc6c6oc7ccccc7c56)cc4)nc4ccccc34)cc2)cc1. The van der Waals surface area contributed by atoms with Gasteiger partial charge in [-0.3, -0.25) is 0 Å². The Morgan fingerprint density at radius 3 is 0.791 bits per heavy atom. The molecule has 17 aromatic carbocycles. The van der Waals surface area contributed by atoms with E-state index in [1.165, 1.54) is 11.1 Å². The smallest absolute Gasteiger partial charge is 0.171 e. The first-order valence-corrected chi connectivity index (χ1v) is 44.7. The minimum Gasteiger partial charge on any atom is -0.455 e. The number of nitrogens with zero attached hydrogens (tertiary/aromatic N) is 7. The molecule has 8 heterocycles. The lowest BCUT2D eigenvalue weighted by atomic mass is 9.99. The third kappa shape index (κ3) is 14.3. The Labute approximate surface area is 741 Å². The number of aromatic nitrogens is 7. The van der Waals surface area contributed by atoms with Crippen LogP contribution in [-0.2, 0) is 4.57 Å². The number of hydrogen-bond acceptors (Lipinski definition) is 11. The van der Waals surface area contributed by atoms with E-state index in [1.807, 2.05) is 237 Å². The van der Waals surface area contributed by atoms with E-state index in [4.69, 9.17) is 48.1 Å². The van der Waals surface area contributed by atoms with Gasteiger partial charge in [-0.25, -0.2) is 34.9 Å². The zero-order chi connectivity index (χ0) is 85.7. The standard InChI is InChI=1S/C41H25N3O.C39H26NO2P.C37H23N3O/c1-2-10-26(11-3-1)27-18-20-28(21-19-27)38-31-12-4-7-15-34(31)43-41(44-38)30-24-22-29(23-25-30)39-37-33-14-6-9-17-36(33)45-40(37)32-13-5-8-16-35(32)42-39;41-43(30-11-3-1-4-12-30,31-13-5-2-6-14-31)32-25-23-28(24-26-32)27-19-21-29(22-20-27)38-37-34-16-8-10-18-36(34)42-39(37)33-15-7-9-17-35(33)40-38;1-3-11-24(12-4-1)31-23-32(25-13-5-2-6-14-25)40-37(39-31)27-21-19-26(20-22-27)35-34-29-16-8-10-18-33(29)41-36(34)28-15-7-9-17-30(28)38-35/h1-25H;1-26H;1-23H. The van der Waals surface area contributed by atoms with Gasteiger partial charge in [-0.15, -0.1) is 0 Å². The molecule has 0 spiro atoms. The monoisotopic (exact) mass is 1670 g/mol.